The predicted octanol–water partition coefficient (Wildman–Crippen LogP) is 4.06. The van der Waals surface area contributed by atoms with Crippen molar-refractivity contribution in [3.63, 3.8) is 0 Å². The molecule has 4 rings (SSSR count). The normalized spacial score (nSPS) is 24.0. The summed E-state index contributed by atoms with van der Waals surface area (Å²) in [5.41, 5.74) is 2.88. The molecule has 0 aliphatic carbocycles. The van der Waals surface area contributed by atoms with Crippen LogP contribution in [0.25, 0.3) is 0 Å². The highest BCUT2D eigenvalue weighted by Gasteiger charge is 2.49. The zero-order chi connectivity index (χ0) is 20.7. The van der Waals surface area contributed by atoms with E-state index < -0.39 is 11.6 Å². The van der Waals surface area contributed by atoms with Gasteiger partial charge in [0.15, 0.2) is 0 Å². The van der Waals surface area contributed by atoms with Gasteiger partial charge in [-0.1, -0.05) is 30.3 Å². The first kappa shape index (κ1) is 19.8. The summed E-state index contributed by atoms with van der Waals surface area (Å²) in [7, 11) is 3.57. The number of urea groups is 1. The third kappa shape index (κ3) is 3.73. The highest BCUT2D eigenvalue weighted by atomic mass is 19.1. The van der Waals surface area contributed by atoms with Crippen molar-refractivity contribution in [3.8, 4) is 0 Å². The van der Waals surface area contributed by atoms with Gasteiger partial charge >= 0.3 is 6.03 Å². The Morgan fingerprint density at radius 1 is 1.10 bits per heavy atom. The maximum absolute atomic E-state index is 14.1. The fourth-order valence-electron chi connectivity index (χ4n) is 4.93. The zero-order valence-corrected chi connectivity index (χ0v) is 17.1. The van der Waals surface area contributed by atoms with E-state index in [1.165, 1.54) is 23.3 Å². The molecule has 0 radical (unpaired) electrons. The van der Waals surface area contributed by atoms with Crippen LogP contribution >= 0.6 is 0 Å². The predicted molar refractivity (Wildman–Crippen MR) is 108 cm³/mol. The van der Waals surface area contributed by atoms with E-state index in [2.05, 4.69) is 24.0 Å². The quantitative estimate of drug-likeness (QED) is 0.778. The lowest BCUT2D eigenvalue weighted by Crippen LogP contribution is -2.41. The number of nitrogens with zero attached hydrogens (tertiary/aromatic N) is 3. The summed E-state index contributed by atoms with van der Waals surface area (Å²) in [4.78, 5) is 18.7. The molecular weight excluding hydrogens is 372 g/mol. The molecule has 0 unspecified atom stereocenters. The largest absolute Gasteiger partial charge is 0.331 e. The van der Waals surface area contributed by atoms with Gasteiger partial charge in [-0.25, -0.2) is 13.6 Å². The highest BCUT2D eigenvalue weighted by molar-refractivity contribution is 5.75. The molecule has 0 bridgehead atoms. The van der Waals surface area contributed by atoms with Crippen LogP contribution < -0.4 is 0 Å². The number of carbonyl (C=O) groups is 1. The fraction of sp³-hybridized carbons (Fsp3) is 0.435. The Kier molecular flexibility index (Phi) is 5.30. The molecule has 0 N–H and O–H groups in total. The van der Waals surface area contributed by atoms with E-state index in [1.807, 2.05) is 17.0 Å². The summed E-state index contributed by atoms with van der Waals surface area (Å²) in [6, 6.07) is 12.1. The Morgan fingerprint density at radius 3 is 2.55 bits per heavy atom. The summed E-state index contributed by atoms with van der Waals surface area (Å²) in [6.07, 6.45) is 0. The third-order valence-corrected chi connectivity index (χ3v) is 6.28. The molecule has 2 heterocycles. The first-order valence-corrected chi connectivity index (χ1v) is 10.0. The number of amides is 2. The van der Waals surface area contributed by atoms with E-state index in [9.17, 15) is 13.6 Å². The summed E-state index contributed by atoms with van der Waals surface area (Å²) in [5.74, 6) is -0.417. The van der Waals surface area contributed by atoms with Crippen LogP contribution in [-0.4, -0.2) is 54.5 Å². The van der Waals surface area contributed by atoms with Crippen molar-refractivity contribution in [3.05, 3.63) is 70.8 Å². The molecule has 3 atom stereocenters. The van der Waals surface area contributed by atoms with Crippen LogP contribution in [0, 0.1) is 30.4 Å². The molecule has 0 saturated carbocycles. The minimum atomic E-state index is -0.554. The van der Waals surface area contributed by atoms with Gasteiger partial charge in [-0.05, 0) is 30.0 Å². The zero-order valence-electron chi connectivity index (χ0n) is 17.1. The lowest BCUT2D eigenvalue weighted by Gasteiger charge is -2.32. The number of halogens is 2. The summed E-state index contributed by atoms with van der Waals surface area (Å²) < 4.78 is 27.3. The maximum atomic E-state index is 14.1. The SMILES string of the molecule is Cc1ccccc1[C@H]1[C@@H]2CN(Cc3ccc(F)cc3F)C[C@@H]2CN1C(=O)N(C)C. The molecule has 2 aromatic carbocycles. The molecule has 2 aliphatic rings. The van der Waals surface area contributed by atoms with Crippen molar-refractivity contribution >= 4 is 6.03 Å². The third-order valence-electron chi connectivity index (χ3n) is 6.28. The van der Waals surface area contributed by atoms with Crippen molar-refractivity contribution in [2.45, 2.75) is 19.5 Å². The minimum Gasteiger partial charge on any atom is -0.331 e. The van der Waals surface area contributed by atoms with Gasteiger partial charge in [-0.2, -0.15) is 0 Å². The fourth-order valence-corrected chi connectivity index (χ4v) is 4.93. The Balaban J connectivity index is 1.59. The molecule has 2 amide bonds. The molecule has 154 valence electrons. The highest BCUT2D eigenvalue weighted by Crippen LogP contribution is 2.46. The van der Waals surface area contributed by atoms with Crippen LogP contribution in [0.2, 0.25) is 0 Å². The standard InChI is InChI=1S/C23H27F2N3O/c1-15-6-4-5-7-19(15)22-20-14-27(11-16-8-9-18(24)10-21(16)25)12-17(20)13-28(22)23(29)26(2)3/h4-10,17,20,22H,11-14H2,1-3H3/t17-,20-,22+/m1/s1. The molecular formula is C23H27F2N3O. The van der Waals surface area contributed by atoms with Gasteiger partial charge in [-0.15, -0.1) is 0 Å². The number of rotatable bonds is 3. The van der Waals surface area contributed by atoms with Crippen molar-refractivity contribution in [2.24, 2.45) is 11.8 Å². The van der Waals surface area contributed by atoms with Crippen LogP contribution in [0.15, 0.2) is 42.5 Å². The minimum absolute atomic E-state index is 0.0131. The molecule has 2 aromatic rings. The second-order valence-corrected chi connectivity index (χ2v) is 8.48. The van der Waals surface area contributed by atoms with E-state index in [4.69, 9.17) is 0 Å². The molecule has 2 fully saturated rings. The van der Waals surface area contributed by atoms with Gasteiger partial charge in [0.25, 0.3) is 0 Å². The van der Waals surface area contributed by atoms with E-state index in [0.717, 1.165) is 19.2 Å². The van der Waals surface area contributed by atoms with Gasteiger partial charge in [0.05, 0.1) is 6.04 Å². The maximum Gasteiger partial charge on any atom is 0.320 e. The Morgan fingerprint density at radius 2 is 1.86 bits per heavy atom. The first-order chi connectivity index (χ1) is 13.8. The number of carbonyl (C=O) groups excluding carboxylic acids is 1. The average Bonchev–Trinajstić information content (AvgIpc) is 3.21. The van der Waals surface area contributed by atoms with E-state index in [0.29, 0.717) is 30.5 Å². The number of hydrogen-bond acceptors (Lipinski definition) is 2. The van der Waals surface area contributed by atoms with Gasteiger partial charge < -0.3 is 9.80 Å². The summed E-state index contributed by atoms with van der Waals surface area (Å²) >= 11 is 0. The lowest BCUT2D eigenvalue weighted by atomic mass is 9.88. The monoisotopic (exact) mass is 399 g/mol. The Bertz CT molecular complexity index is 917. The summed E-state index contributed by atoms with van der Waals surface area (Å²) in [6.45, 7) is 4.84. The van der Waals surface area contributed by atoms with Crippen molar-refractivity contribution in [2.75, 3.05) is 33.7 Å². The van der Waals surface area contributed by atoms with Crippen LogP contribution in [0.4, 0.5) is 13.6 Å². The topological polar surface area (TPSA) is 26.8 Å². The Hall–Kier alpha value is -2.47. The number of hydrogen-bond donors (Lipinski definition) is 0. The van der Waals surface area contributed by atoms with Crippen LogP contribution in [-0.2, 0) is 6.54 Å². The number of likely N-dealkylation sites (tertiary alicyclic amines) is 2. The van der Waals surface area contributed by atoms with E-state index in [-0.39, 0.29) is 12.1 Å². The van der Waals surface area contributed by atoms with E-state index in [1.54, 1.807) is 19.0 Å². The molecule has 6 heteroatoms. The van der Waals surface area contributed by atoms with Gasteiger partial charge in [-0.3, -0.25) is 4.90 Å². The molecule has 29 heavy (non-hydrogen) atoms. The van der Waals surface area contributed by atoms with Crippen LogP contribution in [0.5, 0.6) is 0 Å². The Labute approximate surface area is 170 Å². The second-order valence-electron chi connectivity index (χ2n) is 8.48. The average molecular weight is 399 g/mol. The van der Waals surface area contributed by atoms with Crippen LogP contribution in [0.3, 0.4) is 0 Å². The van der Waals surface area contributed by atoms with Gasteiger partial charge in [0, 0.05) is 57.8 Å². The van der Waals surface area contributed by atoms with Crippen molar-refractivity contribution in [1.82, 2.24) is 14.7 Å². The first-order valence-electron chi connectivity index (χ1n) is 10.0. The van der Waals surface area contributed by atoms with Gasteiger partial charge in [0.2, 0.25) is 0 Å². The molecule has 4 nitrogen and oxygen atoms in total. The second kappa shape index (κ2) is 7.75. The van der Waals surface area contributed by atoms with Crippen molar-refractivity contribution < 1.29 is 13.6 Å². The van der Waals surface area contributed by atoms with Crippen LogP contribution in [0.1, 0.15) is 22.7 Å². The molecule has 0 aromatic heterocycles. The van der Waals surface area contributed by atoms with Crippen molar-refractivity contribution in [1.29, 1.82) is 0 Å². The molecule has 2 aliphatic heterocycles. The van der Waals surface area contributed by atoms with Gasteiger partial charge in [0.1, 0.15) is 11.6 Å². The number of aryl methyl sites for hydroxylation is 1. The number of fused-ring (bicyclic) bond motifs is 1. The number of benzene rings is 2. The smallest absolute Gasteiger partial charge is 0.320 e. The summed E-state index contributed by atoms with van der Waals surface area (Å²) in [5, 5.41) is 0. The lowest BCUT2D eigenvalue weighted by molar-refractivity contribution is 0.151. The molecule has 2 saturated heterocycles. The van der Waals surface area contributed by atoms with E-state index >= 15 is 0 Å². The molecule has 0 spiro atoms.